The van der Waals surface area contributed by atoms with Gasteiger partial charge in [0, 0.05) is 6.54 Å². The van der Waals surface area contributed by atoms with Gasteiger partial charge >= 0.3 is 0 Å². The molecule has 2 heterocycles. The number of piperidine rings is 1. The topological polar surface area (TPSA) is 24.5 Å². The van der Waals surface area contributed by atoms with Crippen LogP contribution in [0.1, 0.15) is 30.1 Å². The van der Waals surface area contributed by atoms with Gasteiger partial charge in [0.1, 0.15) is 0 Å². The zero-order valence-electron chi connectivity index (χ0n) is 12.5. The Bertz CT molecular complexity index is 427. The molecule has 1 aromatic carbocycles. The van der Waals surface area contributed by atoms with E-state index in [4.69, 9.17) is 4.74 Å². The van der Waals surface area contributed by atoms with Gasteiger partial charge in [-0.05, 0) is 63.0 Å². The normalized spacial score (nSPS) is 24.6. The maximum atomic E-state index is 6.03. The minimum atomic E-state index is 0.279. The van der Waals surface area contributed by atoms with Gasteiger partial charge in [-0.1, -0.05) is 24.3 Å². The van der Waals surface area contributed by atoms with Crippen molar-refractivity contribution in [1.29, 1.82) is 0 Å². The molecular formula is C17H26N2O. The molecule has 0 aromatic heterocycles. The van der Waals surface area contributed by atoms with Crippen LogP contribution in [0.5, 0.6) is 0 Å². The highest BCUT2D eigenvalue weighted by Gasteiger charge is 2.25. The average molecular weight is 274 g/mol. The molecule has 110 valence electrons. The molecule has 1 saturated heterocycles. The van der Waals surface area contributed by atoms with E-state index in [1.807, 2.05) is 0 Å². The molecule has 0 radical (unpaired) electrons. The third-order valence-electron chi connectivity index (χ3n) is 4.72. The lowest BCUT2D eigenvalue weighted by Crippen LogP contribution is -2.40. The first-order chi connectivity index (χ1) is 9.86. The molecule has 1 aromatic rings. The maximum Gasteiger partial charge on any atom is 0.0954 e. The lowest BCUT2D eigenvalue weighted by molar-refractivity contribution is 0.00872. The zero-order valence-corrected chi connectivity index (χ0v) is 12.5. The molecule has 1 atom stereocenters. The average Bonchev–Trinajstić information content (AvgIpc) is 2.50. The summed E-state index contributed by atoms with van der Waals surface area (Å²) < 4.78 is 6.03. The van der Waals surface area contributed by atoms with Crippen LogP contribution in [0.4, 0.5) is 0 Å². The second kappa shape index (κ2) is 6.70. The van der Waals surface area contributed by atoms with Crippen LogP contribution in [0.2, 0.25) is 0 Å². The van der Waals surface area contributed by atoms with E-state index in [0.717, 1.165) is 32.0 Å². The SMILES string of the molecule is CNCC1CCN(CC2OCCc3ccccc32)CC1. The van der Waals surface area contributed by atoms with Crippen LogP contribution in [-0.4, -0.2) is 44.7 Å². The second-order valence-electron chi connectivity index (χ2n) is 6.11. The number of likely N-dealkylation sites (tertiary alicyclic amines) is 1. The Hall–Kier alpha value is -0.900. The van der Waals surface area contributed by atoms with E-state index in [1.165, 1.54) is 37.1 Å². The molecule has 0 spiro atoms. The fourth-order valence-electron chi connectivity index (χ4n) is 3.52. The monoisotopic (exact) mass is 274 g/mol. The summed E-state index contributed by atoms with van der Waals surface area (Å²) in [6.45, 7) is 5.53. The highest BCUT2D eigenvalue weighted by atomic mass is 16.5. The molecule has 1 fully saturated rings. The summed E-state index contributed by atoms with van der Waals surface area (Å²) >= 11 is 0. The lowest BCUT2D eigenvalue weighted by atomic mass is 9.94. The molecule has 1 unspecified atom stereocenters. The maximum absolute atomic E-state index is 6.03. The Morgan fingerprint density at radius 2 is 2.05 bits per heavy atom. The van der Waals surface area contributed by atoms with Gasteiger partial charge in [0.25, 0.3) is 0 Å². The standard InChI is InChI=1S/C17H26N2O/c1-18-12-14-6-9-19(10-7-14)13-17-16-5-3-2-4-15(16)8-11-20-17/h2-5,14,17-18H,6-13H2,1H3. The Balaban J connectivity index is 1.57. The predicted octanol–water partition coefficient (Wildman–Crippen LogP) is 2.23. The molecule has 3 nitrogen and oxygen atoms in total. The van der Waals surface area contributed by atoms with Gasteiger partial charge in [-0.2, -0.15) is 0 Å². The number of rotatable bonds is 4. The van der Waals surface area contributed by atoms with E-state index >= 15 is 0 Å². The second-order valence-corrected chi connectivity index (χ2v) is 6.11. The number of hydrogen-bond acceptors (Lipinski definition) is 3. The van der Waals surface area contributed by atoms with Crippen molar-refractivity contribution in [3.05, 3.63) is 35.4 Å². The Morgan fingerprint density at radius 3 is 2.85 bits per heavy atom. The van der Waals surface area contributed by atoms with Crippen molar-refractivity contribution in [2.45, 2.75) is 25.4 Å². The van der Waals surface area contributed by atoms with Gasteiger partial charge in [-0.25, -0.2) is 0 Å². The molecule has 2 aliphatic heterocycles. The predicted molar refractivity (Wildman–Crippen MR) is 81.9 cm³/mol. The molecule has 0 amide bonds. The number of fused-ring (bicyclic) bond motifs is 1. The molecule has 0 bridgehead atoms. The summed E-state index contributed by atoms with van der Waals surface area (Å²) in [5.74, 6) is 0.857. The summed E-state index contributed by atoms with van der Waals surface area (Å²) in [6.07, 6.45) is 3.97. The van der Waals surface area contributed by atoms with E-state index in [9.17, 15) is 0 Å². The molecular weight excluding hydrogens is 248 g/mol. The Labute approximate surface area is 122 Å². The minimum absolute atomic E-state index is 0.279. The van der Waals surface area contributed by atoms with Gasteiger partial charge in [0.05, 0.1) is 12.7 Å². The van der Waals surface area contributed by atoms with Crippen LogP contribution in [-0.2, 0) is 11.2 Å². The highest BCUT2D eigenvalue weighted by Crippen LogP contribution is 2.29. The molecule has 0 saturated carbocycles. The van der Waals surface area contributed by atoms with Crippen LogP contribution in [0, 0.1) is 5.92 Å². The molecule has 0 aliphatic carbocycles. The van der Waals surface area contributed by atoms with Crippen molar-refractivity contribution in [2.24, 2.45) is 5.92 Å². The van der Waals surface area contributed by atoms with Crippen LogP contribution >= 0.6 is 0 Å². The third-order valence-corrected chi connectivity index (χ3v) is 4.72. The van der Waals surface area contributed by atoms with Crippen LogP contribution < -0.4 is 5.32 Å². The van der Waals surface area contributed by atoms with Crippen molar-refractivity contribution in [3.8, 4) is 0 Å². The van der Waals surface area contributed by atoms with E-state index < -0.39 is 0 Å². The summed E-state index contributed by atoms with van der Waals surface area (Å²) in [5.41, 5.74) is 2.89. The van der Waals surface area contributed by atoms with Gasteiger partial charge in [0.15, 0.2) is 0 Å². The Morgan fingerprint density at radius 1 is 1.25 bits per heavy atom. The Kier molecular flexibility index (Phi) is 4.71. The summed E-state index contributed by atoms with van der Waals surface area (Å²) in [5, 5.41) is 3.30. The van der Waals surface area contributed by atoms with Crippen molar-refractivity contribution in [1.82, 2.24) is 10.2 Å². The number of ether oxygens (including phenoxy) is 1. The first-order valence-electron chi connectivity index (χ1n) is 7.93. The van der Waals surface area contributed by atoms with E-state index in [0.29, 0.717) is 0 Å². The quantitative estimate of drug-likeness (QED) is 0.911. The van der Waals surface area contributed by atoms with Crippen LogP contribution in [0.25, 0.3) is 0 Å². The van der Waals surface area contributed by atoms with E-state index in [-0.39, 0.29) is 6.10 Å². The van der Waals surface area contributed by atoms with Crippen molar-refractivity contribution in [3.63, 3.8) is 0 Å². The van der Waals surface area contributed by atoms with Crippen LogP contribution in [0.15, 0.2) is 24.3 Å². The molecule has 3 rings (SSSR count). The smallest absolute Gasteiger partial charge is 0.0954 e. The van der Waals surface area contributed by atoms with E-state index in [1.54, 1.807) is 0 Å². The van der Waals surface area contributed by atoms with Gasteiger partial charge in [-0.3, -0.25) is 0 Å². The molecule has 1 N–H and O–H groups in total. The van der Waals surface area contributed by atoms with Crippen molar-refractivity contribution < 1.29 is 4.74 Å². The first-order valence-corrected chi connectivity index (χ1v) is 7.93. The zero-order chi connectivity index (χ0) is 13.8. The number of nitrogens with zero attached hydrogens (tertiary/aromatic N) is 1. The number of benzene rings is 1. The van der Waals surface area contributed by atoms with Crippen LogP contribution in [0.3, 0.4) is 0 Å². The van der Waals surface area contributed by atoms with Gasteiger partial charge < -0.3 is 15.0 Å². The van der Waals surface area contributed by atoms with Crippen molar-refractivity contribution >= 4 is 0 Å². The van der Waals surface area contributed by atoms with E-state index in [2.05, 4.69) is 41.5 Å². The number of hydrogen-bond donors (Lipinski definition) is 1. The largest absolute Gasteiger partial charge is 0.372 e. The summed E-state index contributed by atoms with van der Waals surface area (Å²) in [4.78, 5) is 2.58. The molecule has 2 aliphatic rings. The number of nitrogens with one attached hydrogen (secondary N) is 1. The van der Waals surface area contributed by atoms with Gasteiger partial charge in [-0.15, -0.1) is 0 Å². The van der Waals surface area contributed by atoms with Gasteiger partial charge in [0.2, 0.25) is 0 Å². The lowest BCUT2D eigenvalue weighted by Gasteiger charge is -2.36. The third kappa shape index (κ3) is 3.22. The fraction of sp³-hybridized carbons (Fsp3) is 0.647. The first kappa shape index (κ1) is 14.1. The molecule has 20 heavy (non-hydrogen) atoms. The summed E-state index contributed by atoms with van der Waals surface area (Å²) in [6, 6.07) is 8.78. The highest BCUT2D eigenvalue weighted by molar-refractivity contribution is 5.31. The van der Waals surface area contributed by atoms with Crippen molar-refractivity contribution in [2.75, 3.05) is 39.8 Å². The minimum Gasteiger partial charge on any atom is -0.372 e. The molecule has 3 heteroatoms. The summed E-state index contributed by atoms with van der Waals surface area (Å²) in [7, 11) is 2.05. The fourth-order valence-corrected chi connectivity index (χ4v) is 3.52.